The third kappa shape index (κ3) is 3.59. The van der Waals surface area contributed by atoms with E-state index < -0.39 is 5.97 Å². The van der Waals surface area contributed by atoms with Gasteiger partial charge in [-0.2, -0.15) is 5.10 Å². The van der Waals surface area contributed by atoms with Gasteiger partial charge in [0.1, 0.15) is 5.75 Å². The smallest absolute Gasteiger partial charge is 0.358 e. The maximum atomic E-state index is 12.6. The molecule has 1 N–H and O–H groups in total. The predicted molar refractivity (Wildman–Crippen MR) is 103 cm³/mol. The summed E-state index contributed by atoms with van der Waals surface area (Å²) in [6, 6.07) is 14.3. The SMILES string of the molecule is CCOC(=O)c1ccn(-c2cccc(NC(=O)c3ccc4c(c3)CCO4)c2)n1. The topological polar surface area (TPSA) is 82.5 Å². The van der Waals surface area contributed by atoms with Crippen molar-refractivity contribution >= 4 is 17.6 Å². The molecule has 0 radical (unpaired) electrons. The van der Waals surface area contributed by atoms with E-state index in [1.54, 1.807) is 42.1 Å². The summed E-state index contributed by atoms with van der Waals surface area (Å²) in [6.07, 6.45) is 2.49. The van der Waals surface area contributed by atoms with Gasteiger partial charge in [-0.1, -0.05) is 6.07 Å². The summed E-state index contributed by atoms with van der Waals surface area (Å²) in [4.78, 5) is 24.4. The van der Waals surface area contributed by atoms with Crippen LogP contribution in [0, 0.1) is 0 Å². The molecule has 0 atom stereocenters. The lowest BCUT2D eigenvalue weighted by Crippen LogP contribution is -2.12. The van der Waals surface area contributed by atoms with Gasteiger partial charge in [0.15, 0.2) is 5.69 Å². The van der Waals surface area contributed by atoms with E-state index in [9.17, 15) is 9.59 Å². The van der Waals surface area contributed by atoms with E-state index in [1.807, 2.05) is 24.3 Å². The van der Waals surface area contributed by atoms with Crippen LogP contribution in [-0.4, -0.2) is 34.9 Å². The average Bonchev–Trinajstić information content (AvgIpc) is 3.37. The third-order valence-corrected chi connectivity index (χ3v) is 4.39. The zero-order chi connectivity index (χ0) is 19.5. The fraction of sp³-hybridized carbons (Fsp3) is 0.190. The summed E-state index contributed by atoms with van der Waals surface area (Å²) in [5, 5.41) is 7.13. The van der Waals surface area contributed by atoms with Gasteiger partial charge in [0, 0.05) is 23.9 Å². The van der Waals surface area contributed by atoms with Crippen LogP contribution in [0.1, 0.15) is 33.3 Å². The molecule has 1 amide bonds. The Morgan fingerprint density at radius 1 is 1.21 bits per heavy atom. The highest BCUT2D eigenvalue weighted by Crippen LogP contribution is 2.26. The molecule has 142 valence electrons. The molecule has 28 heavy (non-hydrogen) atoms. The Labute approximate surface area is 161 Å². The number of carbonyl (C=O) groups is 2. The van der Waals surface area contributed by atoms with E-state index in [4.69, 9.17) is 9.47 Å². The number of hydrogen-bond acceptors (Lipinski definition) is 5. The van der Waals surface area contributed by atoms with Crippen LogP contribution >= 0.6 is 0 Å². The number of aromatic nitrogens is 2. The number of ether oxygens (including phenoxy) is 2. The van der Waals surface area contributed by atoms with Crippen LogP contribution < -0.4 is 10.1 Å². The van der Waals surface area contributed by atoms with E-state index in [-0.39, 0.29) is 11.6 Å². The highest BCUT2D eigenvalue weighted by molar-refractivity contribution is 6.04. The number of nitrogens with zero attached hydrogens (tertiary/aromatic N) is 2. The van der Waals surface area contributed by atoms with Crippen molar-refractivity contribution in [3.8, 4) is 11.4 Å². The highest BCUT2D eigenvalue weighted by atomic mass is 16.5. The molecule has 0 unspecified atom stereocenters. The Kier molecular flexibility index (Phi) is 4.80. The minimum atomic E-state index is -0.466. The van der Waals surface area contributed by atoms with E-state index in [0.717, 1.165) is 23.4 Å². The lowest BCUT2D eigenvalue weighted by atomic mass is 10.1. The number of benzene rings is 2. The first-order valence-corrected chi connectivity index (χ1v) is 9.04. The first-order valence-electron chi connectivity index (χ1n) is 9.04. The van der Waals surface area contributed by atoms with E-state index in [1.165, 1.54) is 0 Å². The van der Waals surface area contributed by atoms with Gasteiger partial charge in [-0.05, 0) is 55.0 Å². The van der Waals surface area contributed by atoms with Crippen LogP contribution in [0.15, 0.2) is 54.7 Å². The maximum absolute atomic E-state index is 12.6. The fourth-order valence-corrected chi connectivity index (χ4v) is 3.04. The van der Waals surface area contributed by atoms with Crippen molar-refractivity contribution in [1.29, 1.82) is 0 Å². The molecule has 0 saturated heterocycles. The van der Waals surface area contributed by atoms with Gasteiger partial charge >= 0.3 is 5.97 Å². The number of hydrogen-bond donors (Lipinski definition) is 1. The zero-order valence-electron chi connectivity index (χ0n) is 15.3. The summed E-state index contributed by atoms with van der Waals surface area (Å²) >= 11 is 0. The summed E-state index contributed by atoms with van der Waals surface area (Å²) in [5.41, 5.74) is 3.21. The van der Waals surface area contributed by atoms with Crippen molar-refractivity contribution in [2.75, 3.05) is 18.5 Å². The van der Waals surface area contributed by atoms with Gasteiger partial charge in [0.25, 0.3) is 5.91 Å². The summed E-state index contributed by atoms with van der Waals surface area (Å²) in [5.74, 6) is 0.181. The number of amides is 1. The standard InChI is InChI=1S/C21H19N3O4/c1-2-27-21(26)18-8-10-24(23-18)17-5-3-4-16(13-17)22-20(25)15-6-7-19-14(12-15)9-11-28-19/h3-8,10,12-13H,2,9,11H2,1H3,(H,22,25). The first kappa shape index (κ1) is 17.8. The number of anilines is 1. The van der Waals surface area contributed by atoms with Gasteiger partial charge in [-0.25, -0.2) is 9.48 Å². The zero-order valence-corrected chi connectivity index (χ0v) is 15.3. The molecule has 0 fully saturated rings. The fourth-order valence-electron chi connectivity index (χ4n) is 3.04. The van der Waals surface area contributed by atoms with Crippen molar-refractivity contribution in [2.45, 2.75) is 13.3 Å². The minimum Gasteiger partial charge on any atom is -0.493 e. The lowest BCUT2D eigenvalue weighted by Gasteiger charge is -2.09. The van der Waals surface area contributed by atoms with Crippen LogP contribution in [0.4, 0.5) is 5.69 Å². The molecule has 1 aliphatic rings. The number of esters is 1. The molecule has 0 bridgehead atoms. The van der Waals surface area contributed by atoms with Gasteiger partial charge in [0.05, 0.1) is 18.9 Å². The molecule has 0 aliphatic carbocycles. The van der Waals surface area contributed by atoms with Crippen molar-refractivity contribution in [1.82, 2.24) is 9.78 Å². The Morgan fingerprint density at radius 2 is 2.11 bits per heavy atom. The average molecular weight is 377 g/mol. The molecule has 1 aromatic heterocycles. The molecule has 2 heterocycles. The minimum absolute atomic E-state index is 0.195. The summed E-state index contributed by atoms with van der Waals surface area (Å²) in [7, 11) is 0. The Hall–Kier alpha value is -3.61. The number of fused-ring (bicyclic) bond motifs is 1. The predicted octanol–water partition coefficient (Wildman–Crippen LogP) is 3.24. The van der Waals surface area contributed by atoms with Gasteiger partial charge in [-0.15, -0.1) is 0 Å². The molecule has 2 aromatic carbocycles. The summed E-state index contributed by atoms with van der Waals surface area (Å²) < 4.78 is 12.0. The second kappa shape index (κ2) is 7.56. The van der Waals surface area contributed by atoms with E-state index >= 15 is 0 Å². The third-order valence-electron chi connectivity index (χ3n) is 4.39. The first-order chi connectivity index (χ1) is 13.6. The van der Waals surface area contributed by atoms with Crippen LogP contribution in [0.5, 0.6) is 5.75 Å². The maximum Gasteiger partial charge on any atom is 0.358 e. The summed E-state index contributed by atoms with van der Waals surface area (Å²) in [6.45, 7) is 2.69. The largest absolute Gasteiger partial charge is 0.493 e. The van der Waals surface area contributed by atoms with E-state index in [0.29, 0.717) is 24.5 Å². The van der Waals surface area contributed by atoms with Gasteiger partial charge < -0.3 is 14.8 Å². The molecule has 1 aliphatic heterocycles. The number of nitrogens with one attached hydrogen (secondary N) is 1. The Balaban J connectivity index is 1.51. The van der Waals surface area contributed by atoms with Crippen LogP contribution in [-0.2, 0) is 11.2 Å². The van der Waals surface area contributed by atoms with Crippen LogP contribution in [0.3, 0.4) is 0 Å². The van der Waals surface area contributed by atoms with Gasteiger partial charge in [0.2, 0.25) is 0 Å². The van der Waals surface area contributed by atoms with Crippen LogP contribution in [0.25, 0.3) is 5.69 Å². The molecular weight excluding hydrogens is 358 g/mol. The lowest BCUT2D eigenvalue weighted by molar-refractivity contribution is 0.0519. The second-order valence-corrected chi connectivity index (χ2v) is 6.29. The van der Waals surface area contributed by atoms with Crippen molar-refractivity contribution in [3.63, 3.8) is 0 Å². The molecular formula is C21H19N3O4. The molecule has 0 spiro atoms. The second-order valence-electron chi connectivity index (χ2n) is 6.29. The van der Waals surface area contributed by atoms with Crippen molar-refractivity contribution < 1.29 is 19.1 Å². The van der Waals surface area contributed by atoms with E-state index in [2.05, 4.69) is 10.4 Å². The number of carbonyl (C=O) groups excluding carboxylic acids is 2. The van der Waals surface area contributed by atoms with Crippen molar-refractivity contribution in [2.24, 2.45) is 0 Å². The highest BCUT2D eigenvalue weighted by Gasteiger charge is 2.15. The quantitative estimate of drug-likeness (QED) is 0.690. The van der Waals surface area contributed by atoms with Gasteiger partial charge in [-0.3, -0.25) is 4.79 Å². The molecule has 7 heteroatoms. The number of rotatable bonds is 5. The van der Waals surface area contributed by atoms with Crippen LogP contribution in [0.2, 0.25) is 0 Å². The molecule has 7 nitrogen and oxygen atoms in total. The molecule has 0 saturated carbocycles. The Morgan fingerprint density at radius 3 is 2.96 bits per heavy atom. The normalized spacial score (nSPS) is 12.2. The Bertz CT molecular complexity index is 1040. The molecule has 4 rings (SSSR count). The molecule has 3 aromatic rings. The monoisotopic (exact) mass is 377 g/mol. The van der Waals surface area contributed by atoms with Crippen molar-refractivity contribution in [3.05, 3.63) is 71.5 Å².